The van der Waals surface area contributed by atoms with Gasteiger partial charge >= 0.3 is 0 Å². The SMILES string of the molecule is COC1(c2ccccc2)CC2CN(S(=O)(=O)c3cnn(C)c3)CC2(c2cc3cnn(-c4ccc(F)cc4)c3cc2C)C1. The van der Waals surface area contributed by atoms with Crippen molar-refractivity contribution in [3.05, 3.63) is 108 Å². The molecule has 3 atom stereocenters. The van der Waals surface area contributed by atoms with Crippen molar-refractivity contribution in [3.63, 3.8) is 0 Å². The maximum absolute atomic E-state index is 13.8. The highest BCUT2D eigenvalue weighted by molar-refractivity contribution is 7.89. The zero-order chi connectivity index (χ0) is 29.3. The Morgan fingerprint density at radius 2 is 1.79 bits per heavy atom. The van der Waals surface area contributed by atoms with Gasteiger partial charge < -0.3 is 4.74 Å². The van der Waals surface area contributed by atoms with Crippen molar-refractivity contribution in [2.24, 2.45) is 13.0 Å². The number of methoxy groups -OCH3 is 1. The van der Waals surface area contributed by atoms with E-state index in [0.29, 0.717) is 25.9 Å². The molecule has 2 aromatic heterocycles. The van der Waals surface area contributed by atoms with E-state index in [0.717, 1.165) is 33.3 Å². The molecule has 0 bridgehead atoms. The van der Waals surface area contributed by atoms with Crippen molar-refractivity contribution >= 4 is 20.9 Å². The number of aromatic nitrogens is 4. The summed E-state index contributed by atoms with van der Waals surface area (Å²) in [5.74, 6) is -0.278. The molecule has 0 spiro atoms. The quantitative estimate of drug-likeness (QED) is 0.277. The monoisotopic (exact) mass is 585 g/mol. The van der Waals surface area contributed by atoms with Crippen LogP contribution in [-0.2, 0) is 32.8 Å². The van der Waals surface area contributed by atoms with E-state index in [9.17, 15) is 12.8 Å². The van der Waals surface area contributed by atoms with Crippen LogP contribution in [0.15, 0.2) is 90.2 Å². The largest absolute Gasteiger partial charge is 0.373 e. The van der Waals surface area contributed by atoms with Gasteiger partial charge in [-0.1, -0.05) is 30.3 Å². The first kappa shape index (κ1) is 27.0. The number of halogens is 1. The summed E-state index contributed by atoms with van der Waals surface area (Å²) in [7, 11) is -0.266. The Balaban J connectivity index is 1.36. The first-order valence-electron chi connectivity index (χ1n) is 14.0. The van der Waals surface area contributed by atoms with E-state index in [4.69, 9.17) is 4.74 Å². The van der Waals surface area contributed by atoms with Crippen LogP contribution in [0.1, 0.15) is 29.5 Å². The molecule has 1 aliphatic carbocycles. The highest BCUT2D eigenvalue weighted by Gasteiger charge is 2.62. The van der Waals surface area contributed by atoms with Crippen molar-refractivity contribution < 1.29 is 17.5 Å². The lowest BCUT2D eigenvalue weighted by atomic mass is 9.72. The minimum absolute atomic E-state index is 0.0207. The molecule has 0 radical (unpaired) electrons. The van der Waals surface area contributed by atoms with Crippen molar-refractivity contribution in [2.45, 2.75) is 35.7 Å². The predicted molar refractivity (Wildman–Crippen MR) is 157 cm³/mol. The Bertz CT molecular complexity index is 1900. The van der Waals surface area contributed by atoms with Gasteiger partial charge in [-0.05, 0) is 78.8 Å². The van der Waals surface area contributed by atoms with Crippen LogP contribution in [-0.4, -0.2) is 52.5 Å². The van der Waals surface area contributed by atoms with Crippen LogP contribution in [0.5, 0.6) is 0 Å². The van der Waals surface area contributed by atoms with E-state index >= 15 is 0 Å². The Kier molecular flexibility index (Phi) is 6.16. The second-order valence-electron chi connectivity index (χ2n) is 11.7. The first-order chi connectivity index (χ1) is 20.1. The predicted octanol–water partition coefficient (Wildman–Crippen LogP) is 5.10. The van der Waals surface area contributed by atoms with E-state index in [1.165, 1.54) is 23.0 Å². The van der Waals surface area contributed by atoms with E-state index < -0.39 is 21.0 Å². The number of sulfonamides is 1. The number of aryl methyl sites for hydroxylation is 2. The van der Waals surface area contributed by atoms with Crippen LogP contribution < -0.4 is 0 Å². The zero-order valence-electron chi connectivity index (χ0n) is 23.7. The molecule has 0 N–H and O–H groups in total. The van der Waals surface area contributed by atoms with Gasteiger partial charge in [0.2, 0.25) is 10.0 Å². The average molecular weight is 586 g/mol. The summed E-state index contributed by atoms with van der Waals surface area (Å²) in [6, 6.07) is 20.8. The number of hydrogen-bond donors (Lipinski definition) is 0. The Labute approximate surface area is 244 Å². The second-order valence-corrected chi connectivity index (χ2v) is 13.6. The Morgan fingerprint density at radius 1 is 1.02 bits per heavy atom. The molecule has 1 saturated carbocycles. The van der Waals surface area contributed by atoms with Gasteiger partial charge in [0.15, 0.2) is 0 Å². The number of hydrogen-bond acceptors (Lipinski definition) is 5. The number of ether oxygens (including phenoxy) is 1. The summed E-state index contributed by atoms with van der Waals surface area (Å²) in [6.45, 7) is 2.81. The summed E-state index contributed by atoms with van der Waals surface area (Å²) in [5.41, 5.74) is 3.91. The summed E-state index contributed by atoms with van der Waals surface area (Å²) in [5, 5.41) is 9.69. The molecule has 3 heterocycles. The van der Waals surface area contributed by atoms with Gasteiger partial charge in [0.25, 0.3) is 0 Å². The lowest BCUT2D eigenvalue weighted by Crippen LogP contribution is -2.38. The normalized spacial score (nSPS) is 24.4. The molecule has 42 heavy (non-hydrogen) atoms. The smallest absolute Gasteiger partial charge is 0.246 e. The minimum Gasteiger partial charge on any atom is -0.373 e. The van der Waals surface area contributed by atoms with Crippen LogP contribution >= 0.6 is 0 Å². The second kappa shape index (κ2) is 9.58. The van der Waals surface area contributed by atoms with Gasteiger partial charge in [-0.2, -0.15) is 14.5 Å². The molecular weight excluding hydrogens is 553 g/mol. The Hall–Kier alpha value is -3.86. The van der Waals surface area contributed by atoms with Gasteiger partial charge in [0.05, 0.1) is 29.2 Å². The topological polar surface area (TPSA) is 82.2 Å². The third kappa shape index (κ3) is 4.04. The summed E-state index contributed by atoms with van der Waals surface area (Å²) in [4.78, 5) is 0.203. The van der Waals surface area contributed by atoms with E-state index in [2.05, 4.69) is 41.4 Å². The van der Waals surface area contributed by atoms with Gasteiger partial charge in [-0.3, -0.25) is 4.68 Å². The van der Waals surface area contributed by atoms with Crippen LogP contribution in [0.25, 0.3) is 16.6 Å². The number of benzene rings is 3. The van der Waals surface area contributed by atoms with Crippen molar-refractivity contribution in [3.8, 4) is 5.69 Å². The summed E-state index contributed by atoms with van der Waals surface area (Å²) < 4.78 is 52.6. The number of rotatable bonds is 6. The average Bonchev–Trinajstić information content (AvgIpc) is 3.75. The molecule has 2 fully saturated rings. The molecule has 5 aromatic rings. The molecule has 0 amide bonds. The lowest BCUT2D eigenvalue weighted by Gasteiger charge is -2.35. The molecule has 216 valence electrons. The summed E-state index contributed by atoms with van der Waals surface area (Å²) >= 11 is 0. The Morgan fingerprint density at radius 3 is 2.48 bits per heavy atom. The van der Waals surface area contributed by atoms with Gasteiger partial charge in [0, 0.05) is 44.2 Å². The van der Waals surface area contributed by atoms with E-state index in [-0.39, 0.29) is 16.6 Å². The molecular formula is C32H32FN5O3S. The highest BCUT2D eigenvalue weighted by atomic mass is 32.2. The van der Waals surface area contributed by atoms with Crippen LogP contribution in [0.2, 0.25) is 0 Å². The fraction of sp³-hybridized carbons (Fsp3) is 0.312. The van der Waals surface area contributed by atoms with Gasteiger partial charge in [-0.15, -0.1) is 0 Å². The van der Waals surface area contributed by atoms with Crippen molar-refractivity contribution in [1.29, 1.82) is 0 Å². The van der Waals surface area contributed by atoms with Crippen LogP contribution in [0, 0.1) is 18.7 Å². The van der Waals surface area contributed by atoms with E-state index in [1.54, 1.807) is 36.8 Å². The maximum Gasteiger partial charge on any atom is 0.246 e. The zero-order valence-corrected chi connectivity index (χ0v) is 24.6. The molecule has 3 aromatic carbocycles. The van der Waals surface area contributed by atoms with Crippen LogP contribution in [0.3, 0.4) is 0 Å². The lowest BCUT2D eigenvalue weighted by molar-refractivity contribution is -0.0183. The van der Waals surface area contributed by atoms with E-state index in [1.807, 2.05) is 29.1 Å². The molecule has 2 aliphatic rings. The first-order valence-corrected chi connectivity index (χ1v) is 15.4. The van der Waals surface area contributed by atoms with Crippen molar-refractivity contribution in [1.82, 2.24) is 23.9 Å². The number of fused-ring (bicyclic) bond motifs is 2. The van der Waals surface area contributed by atoms with Gasteiger partial charge in [0.1, 0.15) is 10.7 Å². The fourth-order valence-corrected chi connectivity index (χ4v) is 8.91. The molecule has 7 rings (SSSR count). The highest BCUT2D eigenvalue weighted by Crippen LogP contribution is 2.60. The number of nitrogens with zero attached hydrogens (tertiary/aromatic N) is 5. The molecule has 1 aliphatic heterocycles. The maximum atomic E-state index is 13.8. The van der Waals surface area contributed by atoms with Gasteiger partial charge in [-0.25, -0.2) is 17.5 Å². The van der Waals surface area contributed by atoms with Crippen molar-refractivity contribution in [2.75, 3.05) is 20.2 Å². The third-order valence-corrected chi connectivity index (χ3v) is 11.1. The molecule has 3 unspecified atom stereocenters. The van der Waals surface area contributed by atoms with Crippen LogP contribution in [0.4, 0.5) is 4.39 Å². The fourth-order valence-electron chi connectivity index (χ4n) is 7.37. The summed E-state index contributed by atoms with van der Waals surface area (Å²) in [6.07, 6.45) is 6.13. The molecule has 10 heteroatoms. The third-order valence-electron chi connectivity index (χ3n) is 9.37. The standard InChI is InChI=1S/C32H32FN5O3S/c1-22-13-30-23(16-35-38(30)27-11-9-26(33)10-12-27)14-29(22)31-20-32(41-3,24-7-5-4-6-8-24)15-25(31)18-37(21-31)42(39,40)28-17-34-36(2)19-28/h4-14,16-17,19,25H,15,18,20-21H2,1-3H3. The molecule has 1 saturated heterocycles. The molecule has 8 nitrogen and oxygen atoms in total. The minimum atomic E-state index is -3.74.